The van der Waals surface area contributed by atoms with Crippen molar-refractivity contribution in [2.24, 2.45) is 0 Å². The Balaban J connectivity index is 2.32. The summed E-state index contributed by atoms with van der Waals surface area (Å²) in [6, 6.07) is 4.66. The zero-order chi connectivity index (χ0) is 15.4. The number of benzene rings is 1. The second-order valence-corrected chi connectivity index (χ2v) is 4.40. The Hall–Kier alpha value is -2.32. The standard InChI is InChI=1S/C12H10ClFN4O3/c13-12-15-5-10(18(20)21)11(17-12)16-9(6-19)7-1-3-8(14)4-2-7/h1-5,9,19H,6H2,(H,15,16,17)/t9-/m0/s1. The van der Waals surface area contributed by atoms with Crippen LogP contribution in [0.1, 0.15) is 11.6 Å². The van der Waals surface area contributed by atoms with Crippen LogP contribution in [-0.4, -0.2) is 26.6 Å². The fraction of sp³-hybridized carbons (Fsp3) is 0.167. The molecule has 0 amide bonds. The average Bonchev–Trinajstić information content (AvgIpc) is 2.45. The van der Waals surface area contributed by atoms with E-state index >= 15 is 0 Å². The molecule has 0 aliphatic rings. The Kier molecular flexibility index (Phi) is 4.61. The summed E-state index contributed by atoms with van der Waals surface area (Å²) in [5.74, 6) is -0.546. The minimum absolute atomic E-state index is 0.122. The second-order valence-electron chi connectivity index (χ2n) is 4.06. The Morgan fingerprint density at radius 1 is 1.43 bits per heavy atom. The van der Waals surface area contributed by atoms with Gasteiger partial charge in [-0.25, -0.2) is 9.37 Å². The molecule has 0 radical (unpaired) electrons. The summed E-state index contributed by atoms with van der Waals surface area (Å²) in [4.78, 5) is 17.5. The molecule has 110 valence electrons. The smallest absolute Gasteiger partial charge is 0.329 e. The third-order valence-corrected chi connectivity index (χ3v) is 2.88. The summed E-state index contributed by atoms with van der Waals surface area (Å²) >= 11 is 5.62. The first-order chi connectivity index (χ1) is 10.0. The highest BCUT2D eigenvalue weighted by Gasteiger charge is 2.20. The molecule has 0 aliphatic heterocycles. The molecule has 1 aromatic heterocycles. The topological polar surface area (TPSA) is 101 Å². The Morgan fingerprint density at radius 3 is 2.67 bits per heavy atom. The first-order valence-electron chi connectivity index (χ1n) is 5.81. The van der Waals surface area contributed by atoms with Gasteiger partial charge in [-0.1, -0.05) is 12.1 Å². The van der Waals surface area contributed by atoms with E-state index in [9.17, 15) is 19.6 Å². The molecule has 9 heteroatoms. The summed E-state index contributed by atoms with van der Waals surface area (Å²) in [7, 11) is 0. The van der Waals surface area contributed by atoms with Gasteiger partial charge in [-0.3, -0.25) is 10.1 Å². The molecule has 2 aromatic rings. The molecule has 0 aliphatic carbocycles. The van der Waals surface area contributed by atoms with E-state index in [4.69, 9.17) is 11.6 Å². The van der Waals surface area contributed by atoms with Crippen LogP contribution in [0, 0.1) is 15.9 Å². The van der Waals surface area contributed by atoms with Gasteiger partial charge in [0, 0.05) is 0 Å². The van der Waals surface area contributed by atoms with Crippen molar-refractivity contribution >= 4 is 23.1 Å². The van der Waals surface area contributed by atoms with Gasteiger partial charge >= 0.3 is 5.69 Å². The monoisotopic (exact) mass is 312 g/mol. The van der Waals surface area contributed by atoms with E-state index in [1.807, 2.05) is 0 Å². The van der Waals surface area contributed by atoms with Gasteiger partial charge in [-0.2, -0.15) is 4.98 Å². The lowest BCUT2D eigenvalue weighted by Gasteiger charge is -2.17. The average molecular weight is 313 g/mol. The van der Waals surface area contributed by atoms with E-state index in [1.54, 1.807) is 0 Å². The van der Waals surface area contributed by atoms with Crippen LogP contribution >= 0.6 is 11.6 Å². The number of aromatic nitrogens is 2. The molecule has 0 spiro atoms. The molecule has 7 nitrogen and oxygen atoms in total. The number of rotatable bonds is 5. The van der Waals surface area contributed by atoms with Crippen LogP contribution in [0.2, 0.25) is 5.28 Å². The maximum atomic E-state index is 12.9. The highest BCUT2D eigenvalue weighted by molar-refractivity contribution is 6.28. The predicted octanol–water partition coefficient (Wildman–Crippen LogP) is 2.32. The van der Waals surface area contributed by atoms with Crippen molar-refractivity contribution in [2.75, 3.05) is 11.9 Å². The summed E-state index contributed by atoms with van der Waals surface area (Å²) in [5.41, 5.74) is 0.169. The summed E-state index contributed by atoms with van der Waals surface area (Å²) < 4.78 is 12.9. The minimum atomic E-state index is -0.699. The number of anilines is 1. The van der Waals surface area contributed by atoms with Crippen molar-refractivity contribution < 1.29 is 14.4 Å². The molecule has 0 saturated carbocycles. The van der Waals surface area contributed by atoms with Crippen LogP contribution in [0.5, 0.6) is 0 Å². The molecule has 1 aromatic carbocycles. The fourth-order valence-corrected chi connectivity index (χ4v) is 1.82. The Labute approximate surface area is 123 Å². The largest absolute Gasteiger partial charge is 0.394 e. The first-order valence-corrected chi connectivity index (χ1v) is 6.19. The number of nitro groups is 1. The normalized spacial score (nSPS) is 12.0. The lowest BCUT2D eigenvalue weighted by atomic mass is 10.1. The second kappa shape index (κ2) is 6.42. The summed E-state index contributed by atoms with van der Waals surface area (Å²) in [6.45, 7) is -0.371. The minimum Gasteiger partial charge on any atom is -0.394 e. The molecular weight excluding hydrogens is 303 g/mol. The fourth-order valence-electron chi connectivity index (χ4n) is 1.69. The molecule has 0 unspecified atom stereocenters. The maximum Gasteiger partial charge on any atom is 0.329 e. The first kappa shape index (κ1) is 15.1. The van der Waals surface area contributed by atoms with Gasteiger partial charge < -0.3 is 10.4 Å². The molecule has 0 saturated heterocycles. The van der Waals surface area contributed by atoms with Crippen LogP contribution < -0.4 is 5.32 Å². The summed E-state index contributed by atoms with van der Waals surface area (Å²) in [5, 5.41) is 22.9. The van der Waals surface area contributed by atoms with Gasteiger partial charge in [0.05, 0.1) is 17.6 Å². The van der Waals surface area contributed by atoms with E-state index in [-0.39, 0.29) is 23.4 Å². The van der Waals surface area contributed by atoms with Gasteiger partial charge in [0.1, 0.15) is 12.0 Å². The van der Waals surface area contributed by atoms with Crippen LogP contribution in [0.3, 0.4) is 0 Å². The molecule has 2 rings (SSSR count). The highest BCUT2D eigenvalue weighted by Crippen LogP contribution is 2.26. The highest BCUT2D eigenvalue weighted by atomic mass is 35.5. The van der Waals surface area contributed by atoms with Gasteiger partial charge in [-0.15, -0.1) is 0 Å². The molecule has 0 fully saturated rings. The zero-order valence-corrected chi connectivity index (χ0v) is 11.3. The van der Waals surface area contributed by atoms with Crippen molar-refractivity contribution in [1.82, 2.24) is 9.97 Å². The van der Waals surface area contributed by atoms with Gasteiger partial charge in [0.15, 0.2) is 0 Å². The van der Waals surface area contributed by atoms with Crippen molar-refractivity contribution in [3.05, 3.63) is 57.2 Å². The van der Waals surface area contributed by atoms with E-state index < -0.39 is 16.8 Å². The third kappa shape index (κ3) is 3.61. The quantitative estimate of drug-likeness (QED) is 0.499. The van der Waals surface area contributed by atoms with Gasteiger partial charge in [0.2, 0.25) is 11.1 Å². The predicted molar refractivity (Wildman–Crippen MR) is 73.5 cm³/mol. The number of aliphatic hydroxyl groups is 1. The van der Waals surface area contributed by atoms with Gasteiger partial charge in [-0.05, 0) is 29.3 Å². The molecular formula is C12H10ClFN4O3. The Morgan fingerprint density at radius 2 is 2.10 bits per heavy atom. The molecule has 2 N–H and O–H groups in total. The number of nitrogens with one attached hydrogen (secondary N) is 1. The molecule has 21 heavy (non-hydrogen) atoms. The van der Waals surface area contributed by atoms with Crippen molar-refractivity contribution in [3.8, 4) is 0 Å². The number of hydrogen-bond donors (Lipinski definition) is 2. The van der Waals surface area contributed by atoms with Crippen LogP contribution in [0.4, 0.5) is 15.9 Å². The number of aliphatic hydroxyl groups excluding tert-OH is 1. The summed E-state index contributed by atoms with van der Waals surface area (Å²) in [6.07, 6.45) is 0.969. The van der Waals surface area contributed by atoms with E-state index in [0.29, 0.717) is 5.56 Å². The zero-order valence-electron chi connectivity index (χ0n) is 10.5. The lowest BCUT2D eigenvalue weighted by molar-refractivity contribution is -0.384. The SMILES string of the molecule is O=[N+]([O-])c1cnc(Cl)nc1N[C@@H](CO)c1ccc(F)cc1. The van der Waals surface area contributed by atoms with E-state index in [2.05, 4.69) is 15.3 Å². The third-order valence-electron chi connectivity index (χ3n) is 2.70. The van der Waals surface area contributed by atoms with Crippen molar-refractivity contribution in [1.29, 1.82) is 0 Å². The van der Waals surface area contributed by atoms with Gasteiger partial charge in [0.25, 0.3) is 0 Å². The number of hydrogen-bond acceptors (Lipinski definition) is 6. The number of nitrogens with zero attached hydrogens (tertiary/aromatic N) is 3. The molecule has 1 heterocycles. The van der Waals surface area contributed by atoms with Crippen LogP contribution in [0.15, 0.2) is 30.5 Å². The van der Waals surface area contributed by atoms with Crippen LogP contribution in [0.25, 0.3) is 0 Å². The Bertz CT molecular complexity index is 653. The van der Waals surface area contributed by atoms with E-state index in [0.717, 1.165) is 6.20 Å². The van der Waals surface area contributed by atoms with E-state index in [1.165, 1.54) is 24.3 Å². The van der Waals surface area contributed by atoms with Crippen LogP contribution in [-0.2, 0) is 0 Å². The molecule has 1 atom stereocenters. The van der Waals surface area contributed by atoms with Crippen molar-refractivity contribution in [3.63, 3.8) is 0 Å². The molecule has 0 bridgehead atoms. The van der Waals surface area contributed by atoms with Crippen molar-refractivity contribution in [2.45, 2.75) is 6.04 Å². The maximum absolute atomic E-state index is 12.9. The lowest BCUT2D eigenvalue weighted by Crippen LogP contribution is -2.17. The number of halogens is 2.